The number of hydrogen-bond donors (Lipinski definition) is 3. The zero-order valence-electron chi connectivity index (χ0n) is 12.8. The zero-order valence-corrected chi connectivity index (χ0v) is 12.8. The lowest BCUT2D eigenvalue weighted by molar-refractivity contribution is -0.274. The van der Waals surface area contributed by atoms with Crippen LogP contribution in [0.25, 0.3) is 0 Å². The molecule has 5 nitrogen and oxygen atoms in total. The van der Waals surface area contributed by atoms with Crippen molar-refractivity contribution >= 4 is 6.03 Å². The Morgan fingerprint density at radius 1 is 1.29 bits per heavy atom. The second-order valence-electron chi connectivity index (χ2n) is 5.48. The number of urea groups is 1. The van der Waals surface area contributed by atoms with Crippen molar-refractivity contribution in [1.82, 2.24) is 10.6 Å². The highest BCUT2D eigenvalue weighted by Gasteiger charge is 2.31. The van der Waals surface area contributed by atoms with Crippen LogP contribution < -0.4 is 15.4 Å². The van der Waals surface area contributed by atoms with E-state index in [2.05, 4.69) is 15.4 Å². The molecule has 2 rings (SSSR count). The molecule has 0 saturated heterocycles. The molecule has 0 heterocycles. The summed E-state index contributed by atoms with van der Waals surface area (Å²) < 4.78 is 41.0. The van der Waals surface area contributed by atoms with E-state index in [0.29, 0.717) is 12.0 Å². The van der Waals surface area contributed by atoms with Crippen molar-refractivity contribution in [3.05, 3.63) is 42.0 Å². The molecule has 1 aromatic rings. The van der Waals surface area contributed by atoms with Crippen LogP contribution in [0.5, 0.6) is 5.75 Å². The highest BCUT2D eigenvalue weighted by molar-refractivity contribution is 5.74. The number of aliphatic hydroxyl groups is 1. The number of halogens is 3. The van der Waals surface area contributed by atoms with Crippen molar-refractivity contribution in [2.75, 3.05) is 13.2 Å². The largest absolute Gasteiger partial charge is 0.573 e. The lowest BCUT2D eigenvalue weighted by Crippen LogP contribution is -2.41. The Morgan fingerprint density at radius 2 is 2.04 bits per heavy atom. The van der Waals surface area contributed by atoms with E-state index in [-0.39, 0.29) is 37.3 Å². The van der Waals surface area contributed by atoms with Gasteiger partial charge in [0.15, 0.2) is 0 Å². The molecule has 8 heteroatoms. The van der Waals surface area contributed by atoms with Crippen molar-refractivity contribution in [3.8, 4) is 5.75 Å². The number of ether oxygens (including phenoxy) is 1. The van der Waals surface area contributed by atoms with E-state index in [9.17, 15) is 18.0 Å². The van der Waals surface area contributed by atoms with Crippen molar-refractivity contribution in [2.45, 2.75) is 25.2 Å². The number of hydrogen-bond acceptors (Lipinski definition) is 3. The van der Waals surface area contributed by atoms with E-state index in [0.717, 1.165) is 0 Å². The van der Waals surface area contributed by atoms with Crippen LogP contribution >= 0.6 is 0 Å². The number of rotatable bonds is 6. The molecular formula is C16H19F3N2O3. The molecule has 1 aromatic carbocycles. The lowest BCUT2D eigenvalue weighted by atomic mass is 10.1. The Kier molecular flexibility index (Phi) is 6.08. The number of para-hydroxylation sites is 1. The Morgan fingerprint density at radius 3 is 2.71 bits per heavy atom. The highest BCUT2D eigenvalue weighted by atomic mass is 19.4. The zero-order chi connectivity index (χ0) is 17.6. The smallest absolute Gasteiger partial charge is 0.406 e. The molecule has 132 valence electrons. The molecule has 1 aliphatic carbocycles. The van der Waals surface area contributed by atoms with E-state index < -0.39 is 12.4 Å². The molecular weight excluding hydrogens is 325 g/mol. The molecule has 0 unspecified atom stereocenters. The van der Waals surface area contributed by atoms with Gasteiger partial charge in [-0.05, 0) is 24.5 Å². The fourth-order valence-electron chi connectivity index (χ4n) is 2.48. The van der Waals surface area contributed by atoms with Gasteiger partial charge in [0.25, 0.3) is 0 Å². The van der Waals surface area contributed by atoms with E-state index in [1.165, 1.54) is 18.2 Å². The average Bonchev–Trinajstić information content (AvgIpc) is 2.95. The third-order valence-electron chi connectivity index (χ3n) is 3.60. The van der Waals surface area contributed by atoms with Gasteiger partial charge in [0.2, 0.25) is 0 Å². The fourth-order valence-corrected chi connectivity index (χ4v) is 2.48. The number of benzene rings is 1. The number of aliphatic hydroxyl groups excluding tert-OH is 1. The van der Waals surface area contributed by atoms with Gasteiger partial charge < -0.3 is 20.5 Å². The van der Waals surface area contributed by atoms with Crippen molar-refractivity contribution in [3.63, 3.8) is 0 Å². The van der Waals surface area contributed by atoms with Crippen LogP contribution in [0.3, 0.4) is 0 Å². The van der Waals surface area contributed by atoms with Crippen LogP contribution in [-0.2, 0) is 6.42 Å². The SMILES string of the molecule is O=C(NCCc1ccccc1OC(F)(F)F)N[C@@H]1C=C[C@H](CO)C1. The normalized spacial score (nSPS) is 20.0. The second kappa shape index (κ2) is 8.05. The first kappa shape index (κ1) is 18.1. The number of nitrogens with one attached hydrogen (secondary N) is 2. The van der Waals surface area contributed by atoms with Crippen LogP contribution in [0, 0.1) is 5.92 Å². The van der Waals surface area contributed by atoms with Crippen LogP contribution in [0.15, 0.2) is 36.4 Å². The molecule has 0 saturated carbocycles. The molecule has 0 spiro atoms. The minimum Gasteiger partial charge on any atom is -0.406 e. The van der Waals surface area contributed by atoms with Gasteiger partial charge in [-0.3, -0.25) is 0 Å². The molecule has 0 bridgehead atoms. The van der Waals surface area contributed by atoms with Gasteiger partial charge >= 0.3 is 12.4 Å². The molecule has 1 aliphatic rings. The van der Waals surface area contributed by atoms with Crippen LogP contribution in [0.1, 0.15) is 12.0 Å². The van der Waals surface area contributed by atoms with Crippen LogP contribution in [0.2, 0.25) is 0 Å². The minimum absolute atomic E-state index is 0.0340. The van der Waals surface area contributed by atoms with Gasteiger partial charge in [0.1, 0.15) is 5.75 Å². The number of carbonyl (C=O) groups is 1. The first-order valence-corrected chi connectivity index (χ1v) is 7.54. The molecule has 2 amide bonds. The average molecular weight is 344 g/mol. The fraction of sp³-hybridized carbons (Fsp3) is 0.438. The monoisotopic (exact) mass is 344 g/mol. The van der Waals surface area contributed by atoms with Gasteiger partial charge in [-0.25, -0.2) is 4.79 Å². The Balaban J connectivity index is 1.78. The first-order valence-electron chi connectivity index (χ1n) is 7.54. The van der Waals surface area contributed by atoms with Gasteiger partial charge in [-0.2, -0.15) is 0 Å². The van der Waals surface area contributed by atoms with Crippen molar-refractivity contribution in [1.29, 1.82) is 0 Å². The van der Waals surface area contributed by atoms with E-state index in [1.807, 2.05) is 12.2 Å². The van der Waals surface area contributed by atoms with Gasteiger partial charge in [-0.1, -0.05) is 30.4 Å². The summed E-state index contributed by atoms with van der Waals surface area (Å²) in [6, 6.07) is 5.26. The van der Waals surface area contributed by atoms with Crippen LogP contribution in [0.4, 0.5) is 18.0 Å². The summed E-state index contributed by atoms with van der Waals surface area (Å²) in [5.41, 5.74) is 0.358. The van der Waals surface area contributed by atoms with E-state index >= 15 is 0 Å². The quantitative estimate of drug-likeness (QED) is 0.694. The molecule has 2 atom stereocenters. The summed E-state index contributed by atoms with van der Waals surface area (Å²) in [5, 5.41) is 14.3. The van der Waals surface area contributed by atoms with E-state index in [4.69, 9.17) is 5.11 Å². The predicted octanol–water partition coefficient (Wildman–Crippen LogP) is 2.36. The molecule has 0 fully saturated rings. The lowest BCUT2D eigenvalue weighted by Gasteiger charge is -2.15. The van der Waals surface area contributed by atoms with Crippen molar-refractivity contribution < 1.29 is 27.8 Å². The molecule has 0 aliphatic heterocycles. The number of amides is 2. The molecule has 0 radical (unpaired) electrons. The summed E-state index contributed by atoms with van der Waals surface area (Å²) in [6.07, 6.45) is -0.257. The summed E-state index contributed by atoms with van der Waals surface area (Å²) in [4.78, 5) is 11.8. The summed E-state index contributed by atoms with van der Waals surface area (Å²) >= 11 is 0. The molecule has 3 N–H and O–H groups in total. The van der Waals surface area contributed by atoms with Crippen molar-refractivity contribution in [2.24, 2.45) is 5.92 Å². The molecule has 0 aromatic heterocycles. The predicted molar refractivity (Wildman–Crippen MR) is 81.5 cm³/mol. The van der Waals surface area contributed by atoms with Gasteiger partial charge in [0, 0.05) is 25.1 Å². The van der Waals surface area contributed by atoms with E-state index in [1.54, 1.807) is 6.07 Å². The summed E-state index contributed by atoms with van der Waals surface area (Å²) in [7, 11) is 0. The summed E-state index contributed by atoms with van der Waals surface area (Å²) in [5.74, 6) is -0.224. The Bertz CT molecular complexity index is 590. The maximum Gasteiger partial charge on any atom is 0.573 e. The third-order valence-corrected chi connectivity index (χ3v) is 3.60. The van der Waals surface area contributed by atoms with Gasteiger partial charge in [0.05, 0.1) is 0 Å². The molecule has 24 heavy (non-hydrogen) atoms. The highest BCUT2D eigenvalue weighted by Crippen LogP contribution is 2.26. The maximum atomic E-state index is 12.3. The topological polar surface area (TPSA) is 70.6 Å². The third kappa shape index (κ3) is 5.77. The first-order chi connectivity index (χ1) is 11.4. The van der Waals surface area contributed by atoms with Gasteiger partial charge in [-0.15, -0.1) is 13.2 Å². The number of alkyl halides is 3. The Hall–Kier alpha value is -2.22. The van der Waals surface area contributed by atoms with Crippen LogP contribution in [-0.4, -0.2) is 36.7 Å². The standard InChI is InChI=1S/C16H19F3N2O3/c17-16(18,19)24-14-4-2-1-3-12(14)7-8-20-15(23)21-13-6-5-11(9-13)10-22/h1-6,11,13,22H,7-10H2,(H2,20,21,23)/t11-,13+/m0/s1. The maximum absolute atomic E-state index is 12.3. The second-order valence-corrected chi connectivity index (χ2v) is 5.48. The summed E-state index contributed by atoms with van der Waals surface area (Å²) in [6.45, 7) is 0.205. The Labute approximate surface area is 137 Å². The number of carbonyl (C=O) groups excluding carboxylic acids is 1. The minimum atomic E-state index is -4.75.